The summed E-state index contributed by atoms with van der Waals surface area (Å²) in [5, 5.41) is 3.37. The van der Waals surface area contributed by atoms with Gasteiger partial charge in [-0.15, -0.1) is 0 Å². The zero-order valence-corrected chi connectivity index (χ0v) is 11.9. The van der Waals surface area contributed by atoms with Gasteiger partial charge in [-0.05, 0) is 77.0 Å². The number of halogens is 1. The van der Waals surface area contributed by atoms with Gasteiger partial charge >= 0.3 is 0 Å². The number of pyridine rings is 1. The highest BCUT2D eigenvalue weighted by Crippen LogP contribution is 2.28. The molecule has 3 heteroatoms. The molecule has 0 fully saturated rings. The van der Waals surface area contributed by atoms with E-state index in [0.717, 1.165) is 21.5 Å². The monoisotopic (exact) mass is 302 g/mol. The topological polar surface area (TPSA) is 24.9 Å². The summed E-state index contributed by atoms with van der Waals surface area (Å²) in [6.07, 6.45) is 5.58. The second-order valence-corrected chi connectivity index (χ2v) is 5.66. The third-order valence-electron chi connectivity index (χ3n) is 3.34. The van der Waals surface area contributed by atoms with Gasteiger partial charge in [0.25, 0.3) is 0 Å². The maximum Gasteiger partial charge on any atom is 0.144 e. The molecule has 0 atom stereocenters. The van der Waals surface area contributed by atoms with Crippen LogP contribution in [0, 0.1) is 6.92 Å². The molecule has 1 N–H and O–H groups in total. The summed E-state index contributed by atoms with van der Waals surface area (Å²) in [5.41, 5.74) is 5.24. The maximum absolute atomic E-state index is 4.41. The van der Waals surface area contributed by atoms with Crippen LogP contribution in [0.25, 0.3) is 0 Å². The van der Waals surface area contributed by atoms with E-state index in [1.807, 2.05) is 13.1 Å². The minimum Gasteiger partial charge on any atom is -0.339 e. The molecule has 0 bridgehead atoms. The number of hydrogen-bond acceptors (Lipinski definition) is 2. The highest BCUT2D eigenvalue weighted by atomic mass is 79.9. The first kappa shape index (κ1) is 11.7. The molecule has 1 aromatic heterocycles. The first-order chi connectivity index (χ1) is 8.72. The van der Waals surface area contributed by atoms with Gasteiger partial charge in [0.1, 0.15) is 5.82 Å². The summed E-state index contributed by atoms with van der Waals surface area (Å²) < 4.78 is 1.00. The van der Waals surface area contributed by atoms with E-state index in [-0.39, 0.29) is 0 Å². The van der Waals surface area contributed by atoms with Gasteiger partial charge in [0.05, 0.1) is 4.47 Å². The average molecular weight is 303 g/mol. The molecule has 0 aliphatic heterocycles. The third-order valence-corrected chi connectivity index (χ3v) is 3.94. The Balaban J connectivity index is 1.88. The van der Waals surface area contributed by atoms with Crippen LogP contribution in [0.15, 0.2) is 34.9 Å². The Morgan fingerprint density at radius 3 is 2.83 bits per heavy atom. The van der Waals surface area contributed by atoms with Crippen molar-refractivity contribution in [2.45, 2.75) is 26.2 Å². The van der Waals surface area contributed by atoms with Crippen LogP contribution in [0.1, 0.15) is 23.1 Å². The highest BCUT2D eigenvalue weighted by molar-refractivity contribution is 9.10. The Labute approximate surface area is 116 Å². The van der Waals surface area contributed by atoms with Gasteiger partial charge in [0.2, 0.25) is 0 Å². The highest BCUT2D eigenvalue weighted by Gasteiger charge is 2.11. The van der Waals surface area contributed by atoms with Crippen LogP contribution in [0.3, 0.4) is 0 Å². The third kappa shape index (κ3) is 2.27. The summed E-state index contributed by atoms with van der Waals surface area (Å²) in [6.45, 7) is 2.04. The van der Waals surface area contributed by atoms with Crippen molar-refractivity contribution >= 4 is 27.4 Å². The number of nitrogens with one attached hydrogen (secondary N) is 1. The fraction of sp³-hybridized carbons (Fsp3) is 0.267. The van der Waals surface area contributed by atoms with Gasteiger partial charge < -0.3 is 5.32 Å². The molecular formula is C15H15BrN2. The SMILES string of the molecule is Cc1cnc(Nc2ccc3c(c2)CCC3)c(Br)c1. The number of aromatic nitrogens is 1. The molecule has 1 aliphatic carbocycles. The zero-order valence-electron chi connectivity index (χ0n) is 10.3. The lowest BCUT2D eigenvalue weighted by atomic mass is 10.1. The molecule has 0 saturated carbocycles. The first-order valence-corrected chi connectivity index (χ1v) is 7.02. The van der Waals surface area contributed by atoms with Gasteiger partial charge in [0.15, 0.2) is 0 Å². The molecule has 1 heterocycles. The van der Waals surface area contributed by atoms with E-state index in [4.69, 9.17) is 0 Å². The van der Waals surface area contributed by atoms with E-state index in [9.17, 15) is 0 Å². The lowest BCUT2D eigenvalue weighted by Gasteiger charge is -2.09. The summed E-state index contributed by atoms with van der Waals surface area (Å²) in [6, 6.07) is 8.68. The second-order valence-electron chi connectivity index (χ2n) is 4.81. The van der Waals surface area contributed by atoms with E-state index < -0.39 is 0 Å². The predicted molar refractivity (Wildman–Crippen MR) is 78.4 cm³/mol. The summed E-state index contributed by atoms with van der Waals surface area (Å²) in [7, 11) is 0. The minimum atomic E-state index is 0.874. The standard InChI is InChI=1S/C15H15BrN2/c1-10-7-14(16)15(17-9-10)18-13-6-5-11-3-2-4-12(11)8-13/h5-9H,2-4H2,1H3,(H,17,18). The van der Waals surface area contributed by atoms with Gasteiger partial charge in [-0.3, -0.25) is 0 Å². The summed E-state index contributed by atoms with van der Waals surface area (Å²) in [4.78, 5) is 4.41. The number of aryl methyl sites for hydroxylation is 3. The largest absolute Gasteiger partial charge is 0.339 e. The van der Waals surface area contributed by atoms with Gasteiger partial charge in [-0.25, -0.2) is 4.98 Å². The fourth-order valence-corrected chi connectivity index (χ4v) is 2.97. The molecule has 1 aliphatic rings. The normalized spacial score (nSPS) is 13.4. The number of rotatable bonds is 2. The molecule has 92 valence electrons. The van der Waals surface area contributed by atoms with Crippen LogP contribution in [-0.2, 0) is 12.8 Å². The lowest BCUT2D eigenvalue weighted by molar-refractivity contribution is 0.912. The van der Waals surface area contributed by atoms with Crippen LogP contribution >= 0.6 is 15.9 Å². The Hall–Kier alpha value is -1.35. The number of nitrogens with zero attached hydrogens (tertiary/aromatic N) is 1. The summed E-state index contributed by atoms with van der Waals surface area (Å²) >= 11 is 3.54. The van der Waals surface area contributed by atoms with Crippen LogP contribution in [0.4, 0.5) is 11.5 Å². The average Bonchev–Trinajstić information content (AvgIpc) is 2.80. The van der Waals surface area contributed by atoms with E-state index in [1.165, 1.54) is 30.4 Å². The van der Waals surface area contributed by atoms with Crippen molar-refractivity contribution in [1.82, 2.24) is 4.98 Å². The van der Waals surface area contributed by atoms with Crippen molar-refractivity contribution in [3.63, 3.8) is 0 Å². The molecule has 0 saturated heterocycles. The first-order valence-electron chi connectivity index (χ1n) is 6.23. The molecule has 2 nitrogen and oxygen atoms in total. The molecule has 0 radical (unpaired) electrons. The van der Waals surface area contributed by atoms with Crippen molar-refractivity contribution in [3.8, 4) is 0 Å². The van der Waals surface area contributed by atoms with Crippen molar-refractivity contribution in [2.24, 2.45) is 0 Å². The van der Waals surface area contributed by atoms with Crippen LogP contribution in [-0.4, -0.2) is 4.98 Å². The van der Waals surface area contributed by atoms with Crippen molar-refractivity contribution in [2.75, 3.05) is 5.32 Å². The van der Waals surface area contributed by atoms with E-state index in [1.54, 1.807) is 0 Å². The molecule has 1 aromatic carbocycles. The van der Waals surface area contributed by atoms with Crippen molar-refractivity contribution in [3.05, 3.63) is 51.6 Å². The van der Waals surface area contributed by atoms with Gasteiger partial charge in [-0.2, -0.15) is 0 Å². The fourth-order valence-electron chi connectivity index (χ4n) is 2.41. The van der Waals surface area contributed by atoms with E-state index >= 15 is 0 Å². The number of benzene rings is 1. The lowest BCUT2D eigenvalue weighted by Crippen LogP contribution is -1.96. The molecule has 2 aromatic rings. The van der Waals surface area contributed by atoms with E-state index in [0.29, 0.717) is 0 Å². The predicted octanol–water partition coefficient (Wildman–Crippen LogP) is 4.38. The Bertz CT molecular complexity index is 593. The molecule has 18 heavy (non-hydrogen) atoms. The zero-order chi connectivity index (χ0) is 12.5. The Morgan fingerprint density at radius 1 is 1.17 bits per heavy atom. The second kappa shape index (κ2) is 4.73. The quantitative estimate of drug-likeness (QED) is 0.890. The van der Waals surface area contributed by atoms with Crippen molar-refractivity contribution in [1.29, 1.82) is 0 Å². The van der Waals surface area contributed by atoms with Crippen LogP contribution in [0.2, 0.25) is 0 Å². The maximum atomic E-state index is 4.41. The summed E-state index contributed by atoms with van der Waals surface area (Å²) in [5.74, 6) is 0.874. The van der Waals surface area contributed by atoms with Crippen LogP contribution < -0.4 is 5.32 Å². The smallest absolute Gasteiger partial charge is 0.144 e. The number of anilines is 2. The van der Waals surface area contributed by atoms with Gasteiger partial charge in [0, 0.05) is 11.9 Å². The molecule has 3 rings (SSSR count). The van der Waals surface area contributed by atoms with Crippen molar-refractivity contribution < 1.29 is 0 Å². The molecular weight excluding hydrogens is 288 g/mol. The van der Waals surface area contributed by atoms with Gasteiger partial charge in [-0.1, -0.05) is 6.07 Å². The minimum absolute atomic E-state index is 0.874. The molecule has 0 amide bonds. The molecule has 0 spiro atoms. The number of fused-ring (bicyclic) bond motifs is 1. The molecule has 0 unspecified atom stereocenters. The number of hydrogen-bond donors (Lipinski definition) is 1. The van der Waals surface area contributed by atoms with E-state index in [2.05, 4.69) is 50.5 Å². The Kier molecular flexibility index (Phi) is 3.08. The Morgan fingerprint density at radius 2 is 2.00 bits per heavy atom. The van der Waals surface area contributed by atoms with Crippen LogP contribution in [0.5, 0.6) is 0 Å².